The molecular weight excluding hydrogens is 314 g/mol. The number of benzene rings is 2. The van der Waals surface area contributed by atoms with Crippen LogP contribution in [0.5, 0.6) is 5.75 Å². The zero-order valence-corrected chi connectivity index (χ0v) is 14.4. The molecule has 25 heavy (non-hydrogen) atoms. The van der Waals surface area contributed by atoms with Crippen LogP contribution in [-0.2, 0) is 13.1 Å². The Kier molecular flexibility index (Phi) is 5.41. The molecule has 3 rings (SSSR count). The van der Waals surface area contributed by atoms with E-state index in [9.17, 15) is 0 Å². The molecule has 0 saturated heterocycles. The van der Waals surface area contributed by atoms with Gasteiger partial charge in [0.2, 0.25) is 5.95 Å². The summed E-state index contributed by atoms with van der Waals surface area (Å²) < 4.78 is 5.16. The third-order valence-electron chi connectivity index (χ3n) is 3.89. The lowest BCUT2D eigenvalue weighted by molar-refractivity contribution is 0.414. The molecule has 0 amide bonds. The van der Waals surface area contributed by atoms with Crippen LogP contribution in [0.3, 0.4) is 0 Å². The highest BCUT2D eigenvalue weighted by Gasteiger charge is 2.02. The molecule has 0 aliphatic carbocycles. The zero-order chi connectivity index (χ0) is 17.5. The lowest BCUT2D eigenvalue weighted by Crippen LogP contribution is -2.08. The Labute approximate surface area is 147 Å². The van der Waals surface area contributed by atoms with Crippen molar-refractivity contribution in [3.8, 4) is 5.75 Å². The topological polar surface area (TPSA) is 72.0 Å². The summed E-state index contributed by atoms with van der Waals surface area (Å²) in [7, 11) is 1.65. The van der Waals surface area contributed by atoms with Gasteiger partial charge in [-0.25, -0.2) is 0 Å². The van der Waals surface area contributed by atoms with E-state index in [1.165, 1.54) is 11.1 Å². The molecule has 0 unspecified atom stereocenters. The number of aryl methyl sites for hydroxylation is 1. The van der Waals surface area contributed by atoms with Crippen LogP contribution in [0.4, 0.5) is 11.8 Å². The van der Waals surface area contributed by atoms with Gasteiger partial charge in [-0.15, -0.1) is 5.10 Å². The summed E-state index contributed by atoms with van der Waals surface area (Å²) in [6.07, 6.45) is 1.62. The Hall–Kier alpha value is -3.15. The van der Waals surface area contributed by atoms with Gasteiger partial charge in [-0.3, -0.25) is 0 Å². The SMILES string of the molecule is COc1ccc(CNc2nncc(NCc3ccccc3C)n2)cc1. The van der Waals surface area contributed by atoms with Crippen molar-refractivity contribution < 1.29 is 4.74 Å². The lowest BCUT2D eigenvalue weighted by atomic mass is 10.1. The molecule has 6 nitrogen and oxygen atoms in total. The highest BCUT2D eigenvalue weighted by atomic mass is 16.5. The van der Waals surface area contributed by atoms with Crippen LogP contribution in [0, 0.1) is 6.92 Å². The molecular formula is C19H21N5O. The standard InChI is InChI=1S/C19H21N5O/c1-14-5-3-4-6-16(14)12-20-18-13-22-24-19(23-18)21-11-15-7-9-17(25-2)10-8-15/h3-10,13H,11-12H2,1-2H3,(H2,20,21,23,24). The van der Waals surface area contributed by atoms with Crippen LogP contribution < -0.4 is 15.4 Å². The number of methoxy groups -OCH3 is 1. The molecule has 1 heterocycles. The van der Waals surface area contributed by atoms with Crippen molar-refractivity contribution in [2.24, 2.45) is 0 Å². The van der Waals surface area contributed by atoms with Gasteiger partial charge < -0.3 is 15.4 Å². The van der Waals surface area contributed by atoms with E-state index in [0.717, 1.165) is 11.3 Å². The van der Waals surface area contributed by atoms with Gasteiger partial charge in [0.1, 0.15) is 5.75 Å². The number of anilines is 2. The number of aromatic nitrogens is 3. The van der Waals surface area contributed by atoms with Gasteiger partial charge in [0.05, 0.1) is 13.3 Å². The molecule has 0 saturated carbocycles. The van der Waals surface area contributed by atoms with Crippen molar-refractivity contribution in [3.05, 3.63) is 71.4 Å². The first-order valence-electron chi connectivity index (χ1n) is 8.09. The molecule has 2 aromatic carbocycles. The second-order valence-electron chi connectivity index (χ2n) is 5.65. The molecule has 0 aliphatic heterocycles. The van der Waals surface area contributed by atoms with E-state index in [1.54, 1.807) is 13.3 Å². The molecule has 0 spiro atoms. The Morgan fingerprint density at radius 1 is 0.960 bits per heavy atom. The van der Waals surface area contributed by atoms with Gasteiger partial charge in [-0.1, -0.05) is 36.4 Å². The van der Waals surface area contributed by atoms with Crippen LogP contribution >= 0.6 is 0 Å². The van der Waals surface area contributed by atoms with E-state index in [0.29, 0.717) is 24.9 Å². The van der Waals surface area contributed by atoms with Crippen molar-refractivity contribution in [1.29, 1.82) is 0 Å². The molecule has 3 aromatic rings. The Morgan fingerprint density at radius 3 is 2.52 bits per heavy atom. The normalized spacial score (nSPS) is 10.3. The summed E-state index contributed by atoms with van der Waals surface area (Å²) in [4.78, 5) is 4.45. The maximum atomic E-state index is 5.16. The fourth-order valence-corrected chi connectivity index (χ4v) is 2.38. The smallest absolute Gasteiger partial charge is 0.244 e. The minimum Gasteiger partial charge on any atom is -0.497 e. The highest BCUT2D eigenvalue weighted by Crippen LogP contribution is 2.13. The van der Waals surface area contributed by atoms with Gasteiger partial charge in [0.15, 0.2) is 5.82 Å². The average molecular weight is 335 g/mol. The van der Waals surface area contributed by atoms with E-state index in [2.05, 4.69) is 44.9 Å². The summed E-state index contributed by atoms with van der Waals surface area (Å²) in [5.41, 5.74) is 3.59. The second-order valence-corrected chi connectivity index (χ2v) is 5.65. The molecule has 6 heteroatoms. The van der Waals surface area contributed by atoms with Gasteiger partial charge in [0, 0.05) is 13.1 Å². The Balaban J connectivity index is 1.58. The lowest BCUT2D eigenvalue weighted by Gasteiger charge is -2.09. The maximum Gasteiger partial charge on any atom is 0.244 e. The first-order chi connectivity index (χ1) is 12.2. The highest BCUT2D eigenvalue weighted by molar-refractivity contribution is 5.39. The molecule has 0 bridgehead atoms. The minimum atomic E-state index is 0.491. The zero-order valence-electron chi connectivity index (χ0n) is 14.4. The van der Waals surface area contributed by atoms with Crippen molar-refractivity contribution in [1.82, 2.24) is 15.2 Å². The number of nitrogens with one attached hydrogen (secondary N) is 2. The van der Waals surface area contributed by atoms with Crippen LogP contribution in [0.2, 0.25) is 0 Å². The van der Waals surface area contributed by atoms with E-state index in [1.807, 2.05) is 36.4 Å². The largest absolute Gasteiger partial charge is 0.497 e. The summed E-state index contributed by atoms with van der Waals surface area (Å²) in [6.45, 7) is 3.41. The molecule has 1 aromatic heterocycles. The van der Waals surface area contributed by atoms with Gasteiger partial charge >= 0.3 is 0 Å². The fraction of sp³-hybridized carbons (Fsp3) is 0.211. The summed E-state index contributed by atoms with van der Waals surface area (Å²) >= 11 is 0. The van der Waals surface area contributed by atoms with Crippen molar-refractivity contribution in [2.45, 2.75) is 20.0 Å². The molecule has 0 radical (unpaired) electrons. The van der Waals surface area contributed by atoms with Crippen LogP contribution in [0.15, 0.2) is 54.7 Å². The summed E-state index contributed by atoms with van der Waals surface area (Å²) in [6, 6.07) is 16.1. The van der Waals surface area contributed by atoms with Gasteiger partial charge in [-0.2, -0.15) is 10.1 Å². The van der Waals surface area contributed by atoms with Gasteiger partial charge in [0.25, 0.3) is 0 Å². The van der Waals surface area contributed by atoms with E-state index in [4.69, 9.17) is 4.74 Å². The molecule has 0 aliphatic rings. The maximum absolute atomic E-state index is 5.16. The average Bonchev–Trinajstić information content (AvgIpc) is 2.66. The molecule has 2 N–H and O–H groups in total. The number of hydrogen-bond acceptors (Lipinski definition) is 6. The number of ether oxygens (including phenoxy) is 1. The van der Waals surface area contributed by atoms with Crippen LogP contribution in [0.1, 0.15) is 16.7 Å². The van der Waals surface area contributed by atoms with Crippen molar-refractivity contribution >= 4 is 11.8 Å². The molecule has 0 atom stereocenters. The minimum absolute atomic E-state index is 0.491. The fourth-order valence-electron chi connectivity index (χ4n) is 2.38. The van der Waals surface area contributed by atoms with Crippen molar-refractivity contribution in [3.63, 3.8) is 0 Å². The van der Waals surface area contributed by atoms with Crippen LogP contribution in [-0.4, -0.2) is 22.3 Å². The molecule has 128 valence electrons. The first kappa shape index (κ1) is 16.7. The van der Waals surface area contributed by atoms with E-state index in [-0.39, 0.29) is 0 Å². The third-order valence-corrected chi connectivity index (χ3v) is 3.89. The predicted octanol–water partition coefficient (Wildman–Crippen LogP) is 3.41. The molecule has 0 fully saturated rings. The Bertz CT molecular complexity index is 820. The van der Waals surface area contributed by atoms with Gasteiger partial charge in [-0.05, 0) is 35.7 Å². The second kappa shape index (κ2) is 8.10. The monoisotopic (exact) mass is 335 g/mol. The quantitative estimate of drug-likeness (QED) is 0.689. The van der Waals surface area contributed by atoms with Crippen LogP contribution in [0.25, 0.3) is 0 Å². The van der Waals surface area contributed by atoms with E-state index < -0.39 is 0 Å². The van der Waals surface area contributed by atoms with Crippen molar-refractivity contribution in [2.75, 3.05) is 17.7 Å². The number of nitrogens with zero attached hydrogens (tertiary/aromatic N) is 3. The predicted molar refractivity (Wildman–Crippen MR) is 98.7 cm³/mol. The number of hydrogen-bond donors (Lipinski definition) is 2. The first-order valence-corrected chi connectivity index (χ1v) is 8.09. The summed E-state index contributed by atoms with van der Waals surface area (Å²) in [5, 5.41) is 14.5. The third kappa shape index (κ3) is 4.67. The number of rotatable bonds is 7. The van der Waals surface area contributed by atoms with E-state index >= 15 is 0 Å². The summed E-state index contributed by atoms with van der Waals surface area (Å²) in [5.74, 6) is 2.02. The Morgan fingerprint density at radius 2 is 1.76 bits per heavy atom.